The molecule has 0 amide bonds. The molecule has 26 heavy (non-hydrogen) atoms. The first-order chi connectivity index (χ1) is 12.8. The molecule has 4 rings (SSSR count). The molecule has 2 aromatic carbocycles. The van der Waals surface area contributed by atoms with Gasteiger partial charge in [0.1, 0.15) is 5.69 Å². The second-order valence-electron chi connectivity index (χ2n) is 5.53. The van der Waals surface area contributed by atoms with E-state index >= 15 is 0 Å². The number of nitrogens with zero attached hydrogens (tertiary/aromatic N) is 3. The molecule has 7 heteroatoms. The van der Waals surface area contributed by atoms with Crippen molar-refractivity contribution in [2.45, 2.75) is 0 Å². The molecular weight excluding hydrogens is 332 g/mol. The molecule has 0 saturated heterocycles. The van der Waals surface area contributed by atoms with Crippen LogP contribution in [0.2, 0.25) is 0 Å². The van der Waals surface area contributed by atoms with E-state index in [4.69, 9.17) is 14.0 Å². The molecule has 130 valence electrons. The summed E-state index contributed by atoms with van der Waals surface area (Å²) in [6, 6.07) is 17.2. The van der Waals surface area contributed by atoms with Crippen LogP contribution in [0, 0.1) is 0 Å². The maximum atomic E-state index is 5.38. The predicted octanol–water partition coefficient (Wildman–Crippen LogP) is 3.81. The summed E-state index contributed by atoms with van der Waals surface area (Å²) in [5, 5.41) is 11.3. The number of rotatable bonds is 5. The minimum atomic E-state index is 0.365. The number of aromatic amines is 1. The Kier molecular flexibility index (Phi) is 4.10. The molecule has 0 aliphatic carbocycles. The van der Waals surface area contributed by atoms with Gasteiger partial charge >= 0.3 is 0 Å². The molecule has 0 aliphatic rings. The van der Waals surface area contributed by atoms with Crippen molar-refractivity contribution in [2.75, 3.05) is 14.2 Å². The molecule has 7 nitrogen and oxygen atoms in total. The Bertz CT molecular complexity index is 1020. The average molecular weight is 348 g/mol. The third-order valence-corrected chi connectivity index (χ3v) is 3.95. The SMILES string of the molecule is COc1ccc(-c2noc(-c3cc(-c4ccccc4)n[nH]3)n2)cc1OC. The number of aromatic nitrogens is 4. The summed E-state index contributed by atoms with van der Waals surface area (Å²) in [6.07, 6.45) is 0. The first-order valence-corrected chi connectivity index (χ1v) is 7.96. The van der Waals surface area contributed by atoms with Crippen LogP contribution in [0.15, 0.2) is 59.1 Å². The number of H-pyrrole nitrogens is 1. The maximum absolute atomic E-state index is 5.38. The molecule has 2 aromatic heterocycles. The van der Waals surface area contributed by atoms with E-state index in [1.165, 1.54) is 0 Å². The van der Waals surface area contributed by atoms with Crippen LogP contribution >= 0.6 is 0 Å². The topological polar surface area (TPSA) is 86.1 Å². The lowest BCUT2D eigenvalue weighted by atomic mass is 10.1. The van der Waals surface area contributed by atoms with E-state index in [2.05, 4.69) is 20.3 Å². The van der Waals surface area contributed by atoms with E-state index < -0.39 is 0 Å². The quantitative estimate of drug-likeness (QED) is 0.590. The van der Waals surface area contributed by atoms with Gasteiger partial charge in [-0.15, -0.1) is 0 Å². The van der Waals surface area contributed by atoms with Gasteiger partial charge in [0.15, 0.2) is 11.5 Å². The Labute approximate surface area is 149 Å². The fourth-order valence-corrected chi connectivity index (χ4v) is 2.61. The van der Waals surface area contributed by atoms with Gasteiger partial charge in [-0.2, -0.15) is 10.1 Å². The Morgan fingerprint density at radius 1 is 0.885 bits per heavy atom. The van der Waals surface area contributed by atoms with Crippen LogP contribution in [0.1, 0.15) is 0 Å². The first-order valence-electron chi connectivity index (χ1n) is 7.96. The predicted molar refractivity (Wildman–Crippen MR) is 95.9 cm³/mol. The Hall–Kier alpha value is -3.61. The first kappa shape index (κ1) is 15.9. The lowest BCUT2D eigenvalue weighted by molar-refractivity contribution is 0.355. The van der Waals surface area contributed by atoms with E-state index in [-0.39, 0.29) is 0 Å². The highest BCUT2D eigenvalue weighted by Gasteiger charge is 2.15. The molecule has 0 unspecified atom stereocenters. The Balaban J connectivity index is 1.64. The number of methoxy groups -OCH3 is 2. The van der Waals surface area contributed by atoms with Gasteiger partial charge in [0.25, 0.3) is 5.89 Å². The summed E-state index contributed by atoms with van der Waals surface area (Å²) in [6.45, 7) is 0. The van der Waals surface area contributed by atoms with Crippen LogP contribution in [0.5, 0.6) is 11.5 Å². The molecule has 2 heterocycles. The van der Waals surface area contributed by atoms with Gasteiger partial charge in [0.2, 0.25) is 5.82 Å². The highest BCUT2D eigenvalue weighted by molar-refractivity contribution is 5.66. The minimum Gasteiger partial charge on any atom is -0.493 e. The van der Waals surface area contributed by atoms with Gasteiger partial charge in [-0.3, -0.25) is 5.10 Å². The molecular formula is C19H16N4O3. The average Bonchev–Trinajstić information content (AvgIpc) is 3.37. The third-order valence-electron chi connectivity index (χ3n) is 3.95. The van der Waals surface area contributed by atoms with Crippen molar-refractivity contribution in [1.82, 2.24) is 20.3 Å². The third kappa shape index (κ3) is 2.90. The van der Waals surface area contributed by atoms with Crippen LogP contribution in [-0.2, 0) is 0 Å². The van der Waals surface area contributed by atoms with Crippen molar-refractivity contribution >= 4 is 0 Å². The van der Waals surface area contributed by atoms with Crippen molar-refractivity contribution in [2.24, 2.45) is 0 Å². The van der Waals surface area contributed by atoms with E-state index in [1.807, 2.05) is 42.5 Å². The van der Waals surface area contributed by atoms with Crippen LogP contribution in [-0.4, -0.2) is 34.6 Å². The highest BCUT2D eigenvalue weighted by atomic mass is 16.5. The lowest BCUT2D eigenvalue weighted by Gasteiger charge is -2.07. The zero-order valence-corrected chi connectivity index (χ0v) is 14.3. The van der Waals surface area contributed by atoms with Gasteiger partial charge in [-0.25, -0.2) is 0 Å². The largest absolute Gasteiger partial charge is 0.493 e. The fourth-order valence-electron chi connectivity index (χ4n) is 2.61. The molecule has 0 atom stereocenters. The molecule has 0 saturated carbocycles. The fraction of sp³-hybridized carbons (Fsp3) is 0.105. The molecule has 0 fully saturated rings. The van der Waals surface area contributed by atoms with Gasteiger partial charge in [0.05, 0.1) is 19.9 Å². The number of hydrogen-bond acceptors (Lipinski definition) is 6. The normalized spacial score (nSPS) is 10.7. The number of hydrogen-bond donors (Lipinski definition) is 1. The van der Waals surface area contributed by atoms with Crippen LogP contribution in [0.4, 0.5) is 0 Å². The van der Waals surface area contributed by atoms with Crippen molar-refractivity contribution in [3.63, 3.8) is 0 Å². The monoisotopic (exact) mass is 348 g/mol. The van der Waals surface area contributed by atoms with Crippen molar-refractivity contribution in [3.05, 3.63) is 54.6 Å². The summed E-state index contributed by atoms with van der Waals surface area (Å²) in [7, 11) is 3.17. The smallest absolute Gasteiger partial charge is 0.276 e. The summed E-state index contributed by atoms with van der Waals surface area (Å²) in [5.41, 5.74) is 3.24. The lowest BCUT2D eigenvalue weighted by Crippen LogP contribution is -1.91. The molecule has 1 N–H and O–H groups in total. The van der Waals surface area contributed by atoms with E-state index in [0.29, 0.717) is 28.9 Å². The van der Waals surface area contributed by atoms with Crippen molar-refractivity contribution < 1.29 is 14.0 Å². The van der Waals surface area contributed by atoms with Crippen LogP contribution < -0.4 is 9.47 Å². The molecule has 4 aromatic rings. The Morgan fingerprint density at radius 3 is 2.46 bits per heavy atom. The number of ether oxygens (including phenoxy) is 2. The zero-order chi connectivity index (χ0) is 17.9. The van der Waals surface area contributed by atoms with E-state index in [0.717, 1.165) is 16.8 Å². The molecule has 0 spiro atoms. The van der Waals surface area contributed by atoms with Gasteiger partial charge in [0, 0.05) is 11.1 Å². The second-order valence-corrected chi connectivity index (χ2v) is 5.53. The van der Waals surface area contributed by atoms with E-state index in [1.54, 1.807) is 26.4 Å². The summed E-state index contributed by atoms with van der Waals surface area (Å²) in [5.74, 6) is 2.06. The molecule has 0 bridgehead atoms. The zero-order valence-electron chi connectivity index (χ0n) is 14.3. The maximum Gasteiger partial charge on any atom is 0.276 e. The van der Waals surface area contributed by atoms with Crippen molar-refractivity contribution in [1.29, 1.82) is 0 Å². The molecule has 0 aliphatic heterocycles. The standard InChI is InChI=1S/C19H16N4O3/c1-24-16-9-8-13(10-17(16)25-2)18-20-19(26-23-18)15-11-14(21-22-15)12-6-4-3-5-7-12/h3-11H,1-2H3,(H,21,22). The van der Waals surface area contributed by atoms with Crippen LogP contribution in [0.3, 0.4) is 0 Å². The van der Waals surface area contributed by atoms with Gasteiger partial charge < -0.3 is 14.0 Å². The molecule has 0 radical (unpaired) electrons. The van der Waals surface area contributed by atoms with Gasteiger partial charge in [-0.1, -0.05) is 35.5 Å². The highest BCUT2D eigenvalue weighted by Crippen LogP contribution is 2.32. The van der Waals surface area contributed by atoms with Crippen LogP contribution in [0.25, 0.3) is 34.2 Å². The second kappa shape index (κ2) is 6.72. The summed E-state index contributed by atoms with van der Waals surface area (Å²) >= 11 is 0. The minimum absolute atomic E-state index is 0.365. The number of nitrogens with one attached hydrogen (secondary N) is 1. The van der Waals surface area contributed by atoms with Gasteiger partial charge in [-0.05, 0) is 24.3 Å². The summed E-state index contributed by atoms with van der Waals surface area (Å²) in [4.78, 5) is 4.44. The summed E-state index contributed by atoms with van der Waals surface area (Å²) < 4.78 is 15.9. The number of benzene rings is 2. The Morgan fingerprint density at radius 2 is 1.69 bits per heavy atom. The van der Waals surface area contributed by atoms with E-state index in [9.17, 15) is 0 Å². The van der Waals surface area contributed by atoms with Crippen molar-refractivity contribution in [3.8, 4) is 45.7 Å².